The van der Waals surface area contributed by atoms with E-state index >= 15 is 0 Å². The molecule has 5 atom stereocenters. The molecule has 2 aromatic rings. The molecule has 0 aromatic heterocycles. The highest BCUT2D eigenvalue weighted by Crippen LogP contribution is 2.36. The second-order valence-corrected chi connectivity index (χ2v) is 19.1. The number of ether oxygens (including phenoxy) is 7. The van der Waals surface area contributed by atoms with Crippen LogP contribution in [0.25, 0.3) is 6.08 Å². The van der Waals surface area contributed by atoms with Crippen LogP contribution in [0, 0.1) is 5.92 Å². The number of hydrogen-bond donors (Lipinski definition) is 0. The molecule has 1 fully saturated rings. The highest BCUT2D eigenvalue weighted by Gasteiger charge is 2.45. The van der Waals surface area contributed by atoms with E-state index in [9.17, 15) is 9.59 Å². The number of cyclic esters (lactones) is 1. The average molecular weight is 653 g/mol. The van der Waals surface area contributed by atoms with Crippen LogP contribution in [-0.2, 0) is 23.7 Å². The number of fused-ring (bicyclic) bond motifs is 2. The minimum Gasteiger partial charge on any atom is -0.494 e. The van der Waals surface area contributed by atoms with Crippen molar-refractivity contribution >= 4 is 26.1 Å². The summed E-state index contributed by atoms with van der Waals surface area (Å²) in [6, 6.07) is 13.4. The van der Waals surface area contributed by atoms with E-state index in [-0.39, 0.29) is 18.3 Å². The van der Waals surface area contributed by atoms with Gasteiger partial charge in [0.2, 0.25) is 0 Å². The number of hydrogen-bond acceptors (Lipinski definition) is 9. The molecule has 1 saturated heterocycles. The summed E-state index contributed by atoms with van der Waals surface area (Å²) in [4.78, 5) is 26.9. The topological polar surface area (TPSA) is 98.8 Å². The van der Waals surface area contributed by atoms with Gasteiger partial charge in [-0.1, -0.05) is 63.0 Å². The van der Waals surface area contributed by atoms with Gasteiger partial charge in [-0.25, -0.2) is 9.59 Å². The first-order valence-corrected chi connectivity index (χ1v) is 19.6. The first-order valence-electron chi connectivity index (χ1n) is 15.9. The molecular formula is C36H48O9Si. The summed E-state index contributed by atoms with van der Waals surface area (Å²) in [5.41, 5.74) is 1.29. The zero-order valence-corrected chi connectivity index (χ0v) is 29.2. The van der Waals surface area contributed by atoms with E-state index in [4.69, 9.17) is 33.2 Å². The number of benzene rings is 2. The fourth-order valence-corrected chi connectivity index (χ4v) is 5.88. The Hall–Kier alpha value is -3.44. The second-order valence-electron chi connectivity index (χ2n) is 13.5. The van der Waals surface area contributed by atoms with Gasteiger partial charge in [0.05, 0.1) is 18.3 Å². The van der Waals surface area contributed by atoms with Gasteiger partial charge in [-0.15, -0.1) is 0 Å². The van der Waals surface area contributed by atoms with Gasteiger partial charge in [-0.2, -0.15) is 0 Å². The summed E-state index contributed by atoms with van der Waals surface area (Å²) >= 11 is 0. The molecule has 250 valence electrons. The molecule has 0 N–H and O–H groups in total. The zero-order chi connectivity index (χ0) is 33.5. The van der Waals surface area contributed by atoms with Crippen molar-refractivity contribution in [3.05, 3.63) is 77.4 Å². The Balaban J connectivity index is 1.73. The van der Waals surface area contributed by atoms with E-state index in [1.165, 1.54) is 7.11 Å². The fourth-order valence-electron chi connectivity index (χ4n) is 5.17. The van der Waals surface area contributed by atoms with E-state index in [0.29, 0.717) is 35.7 Å². The molecule has 0 spiro atoms. The fraction of sp³-hybridized carbons (Fsp3) is 0.500. The predicted octanol–water partition coefficient (Wildman–Crippen LogP) is 7.29. The minimum absolute atomic E-state index is 0.0520. The number of rotatable bonds is 9. The van der Waals surface area contributed by atoms with Crippen molar-refractivity contribution in [2.75, 3.05) is 20.5 Å². The van der Waals surface area contributed by atoms with E-state index < -0.39 is 50.2 Å². The van der Waals surface area contributed by atoms with E-state index in [2.05, 4.69) is 19.6 Å². The van der Waals surface area contributed by atoms with Crippen LogP contribution in [0.2, 0.25) is 25.7 Å². The van der Waals surface area contributed by atoms with Crippen molar-refractivity contribution in [1.82, 2.24) is 0 Å². The lowest BCUT2D eigenvalue weighted by Gasteiger charge is -2.26. The van der Waals surface area contributed by atoms with Crippen molar-refractivity contribution in [3.8, 4) is 11.5 Å². The maximum Gasteiger partial charge on any atom is 0.342 e. The number of carbonyl (C=O) groups is 2. The quantitative estimate of drug-likeness (QED) is 0.120. The first kappa shape index (κ1) is 35.4. The van der Waals surface area contributed by atoms with E-state index in [1.807, 2.05) is 58.1 Å². The first-order chi connectivity index (χ1) is 21.8. The average Bonchev–Trinajstić information content (AvgIpc) is 3.30. The smallest absolute Gasteiger partial charge is 0.342 e. The van der Waals surface area contributed by atoms with Gasteiger partial charge in [0, 0.05) is 27.2 Å². The Morgan fingerprint density at radius 1 is 1.02 bits per heavy atom. The highest BCUT2D eigenvalue weighted by molar-refractivity contribution is 6.76. The van der Waals surface area contributed by atoms with Gasteiger partial charge in [0.1, 0.15) is 35.4 Å². The molecule has 0 amide bonds. The van der Waals surface area contributed by atoms with Gasteiger partial charge >= 0.3 is 11.9 Å². The summed E-state index contributed by atoms with van der Waals surface area (Å²) in [6.07, 6.45) is 5.54. The third-order valence-electron chi connectivity index (χ3n) is 7.86. The lowest BCUT2D eigenvalue weighted by atomic mass is 9.98. The Labute approximate surface area is 273 Å². The van der Waals surface area contributed by atoms with Crippen molar-refractivity contribution in [2.24, 2.45) is 5.92 Å². The molecule has 9 nitrogen and oxygen atoms in total. The summed E-state index contributed by atoms with van der Waals surface area (Å²) < 4.78 is 41.9. The normalized spacial score (nSPS) is 26.1. The largest absolute Gasteiger partial charge is 0.494 e. The third-order valence-corrected chi connectivity index (χ3v) is 9.57. The Kier molecular flexibility index (Phi) is 11.9. The molecule has 3 unspecified atom stereocenters. The van der Waals surface area contributed by atoms with Gasteiger partial charge in [-0.3, -0.25) is 0 Å². The van der Waals surface area contributed by atoms with Crippen LogP contribution in [0.15, 0.2) is 60.7 Å². The Morgan fingerprint density at radius 3 is 2.46 bits per heavy atom. The molecule has 4 rings (SSSR count). The predicted molar refractivity (Wildman–Crippen MR) is 179 cm³/mol. The maximum atomic E-state index is 13.8. The van der Waals surface area contributed by atoms with Crippen molar-refractivity contribution in [3.63, 3.8) is 0 Å². The van der Waals surface area contributed by atoms with Crippen LogP contribution in [0.1, 0.15) is 60.4 Å². The van der Waals surface area contributed by atoms with Gasteiger partial charge in [0.15, 0.2) is 12.6 Å². The van der Waals surface area contributed by atoms with Crippen LogP contribution in [0.3, 0.4) is 0 Å². The SMILES string of the molecule is COCOc1cc(OCC[Si](C)(C)C)cc2c1C(=O)O[C@@H](C)[C@H](C)/C=C\C(OC(=O)c1ccccc1)C1OC(C)(C)OC1C/C=C/2. The van der Waals surface area contributed by atoms with Crippen LogP contribution < -0.4 is 9.47 Å². The molecule has 46 heavy (non-hydrogen) atoms. The Bertz CT molecular complexity index is 1400. The minimum atomic E-state index is -1.33. The standard InChI is InChI=1S/C36H48O9Si/c1-24-17-18-29(43-34(37)26-13-10-9-11-14-26)33-30(44-36(3,4)45-33)16-12-15-27-21-28(40-19-20-46(6,7)8)22-31(41-23-39-5)32(27)35(38)42-25(24)2/h9-15,17-18,21-22,24-25,29-30,33H,16,19-20,23H2,1-8H3/b15-12+,18-17-/t24-,25+,29?,30?,33?/m1/s1. The monoisotopic (exact) mass is 652 g/mol. The van der Waals surface area contributed by atoms with Crippen molar-refractivity contribution in [1.29, 1.82) is 0 Å². The Morgan fingerprint density at radius 2 is 1.76 bits per heavy atom. The molecule has 2 aliphatic rings. The molecule has 2 aliphatic heterocycles. The third kappa shape index (κ3) is 9.78. The summed E-state index contributed by atoms with van der Waals surface area (Å²) in [5.74, 6) is -1.24. The molecule has 0 aliphatic carbocycles. The van der Waals surface area contributed by atoms with Crippen molar-refractivity contribution in [2.45, 2.75) is 90.0 Å². The molecular weight excluding hydrogens is 604 g/mol. The number of methoxy groups -OCH3 is 1. The summed E-state index contributed by atoms with van der Waals surface area (Å²) in [6.45, 7) is 14.8. The number of carbonyl (C=O) groups excluding carboxylic acids is 2. The summed E-state index contributed by atoms with van der Waals surface area (Å²) in [5, 5.41) is 0. The molecule has 2 aromatic carbocycles. The second kappa shape index (κ2) is 15.4. The van der Waals surface area contributed by atoms with Crippen LogP contribution in [0.5, 0.6) is 11.5 Å². The molecule has 0 saturated carbocycles. The van der Waals surface area contributed by atoms with Gasteiger partial charge in [0.25, 0.3) is 0 Å². The van der Waals surface area contributed by atoms with Crippen LogP contribution in [0.4, 0.5) is 0 Å². The maximum absolute atomic E-state index is 13.8. The summed E-state index contributed by atoms with van der Waals surface area (Å²) in [7, 11) is 0.189. The van der Waals surface area contributed by atoms with Crippen LogP contribution in [-0.4, -0.2) is 70.7 Å². The van der Waals surface area contributed by atoms with E-state index in [1.54, 1.807) is 36.4 Å². The molecule has 2 heterocycles. The van der Waals surface area contributed by atoms with Gasteiger partial charge < -0.3 is 33.2 Å². The molecule has 0 radical (unpaired) electrons. The van der Waals surface area contributed by atoms with Gasteiger partial charge in [-0.05, 0) is 63.1 Å². The lowest BCUT2D eigenvalue weighted by Crippen LogP contribution is -2.37. The highest BCUT2D eigenvalue weighted by atomic mass is 28.3. The zero-order valence-electron chi connectivity index (χ0n) is 28.2. The van der Waals surface area contributed by atoms with Crippen LogP contribution >= 0.6 is 0 Å². The molecule has 10 heteroatoms. The number of esters is 2. The molecule has 0 bridgehead atoms. The van der Waals surface area contributed by atoms with Crippen molar-refractivity contribution < 1.29 is 42.7 Å². The van der Waals surface area contributed by atoms with E-state index in [0.717, 1.165) is 6.04 Å². The lowest BCUT2D eigenvalue weighted by molar-refractivity contribution is -0.152.